The first-order valence-corrected chi connectivity index (χ1v) is 4.00. The standard InChI is InChI=1S/C9H8F2NO/c10-6-1-7(11)3-8(2-6)13-9-4-12-5-9/h1-3,9H,4-5H2. The molecular formula is C9H8F2NO. The fourth-order valence-corrected chi connectivity index (χ4v) is 1.10. The Labute approximate surface area is 74.5 Å². The van der Waals surface area contributed by atoms with Crippen LogP contribution in [0.1, 0.15) is 0 Å². The van der Waals surface area contributed by atoms with Crippen LogP contribution in [0.3, 0.4) is 0 Å². The lowest BCUT2D eigenvalue weighted by Gasteiger charge is -2.25. The summed E-state index contributed by atoms with van der Waals surface area (Å²) < 4.78 is 30.6. The number of ether oxygens (including phenoxy) is 1. The lowest BCUT2D eigenvalue weighted by atomic mass is 10.2. The highest BCUT2D eigenvalue weighted by Crippen LogP contribution is 2.17. The van der Waals surface area contributed by atoms with Crippen LogP contribution in [0.2, 0.25) is 0 Å². The molecule has 2 rings (SSSR count). The van der Waals surface area contributed by atoms with Gasteiger partial charge in [0, 0.05) is 18.2 Å². The second kappa shape index (κ2) is 3.30. The molecule has 1 fully saturated rings. The van der Waals surface area contributed by atoms with E-state index in [9.17, 15) is 8.78 Å². The van der Waals surface area contributed by atoms with E-state index in [2.05, 4.69) is 5.32 Å². The van der Waals surface area contributed by atoms with Gasteiger partial charge in [-0.25, -0.2) is 14.1 Å². The van der Waals surface area contributed by atoms with Gasteiger partial charge in [-0.05, 0) is 0 Å². The zero-order chi connectivity index (χ0) is 9.26. The molecule has 0 saturated carbocycles. The molecule has 1 aromatic carbocycles. The van der Waals surface area contributed by atoms with Crippen molar-refractivity contribution in [2.75, 3.05) is 13.1 Å². The van der Waals surface area contributed by atoms with Gasteiger partial charge in [-0.15, -0.1) is 0 Å². The third-order valence-corrected chi connectivity index (χ3v) is 1.80. The van der Waals surface area contributed by atoms with E-state index in [1.165, 1.54) is 12.1 Å². The Balaban J connectivity index is 2.10. The van der Waals surface area contributed by atoms with Crippen LogP contribution < -0.4 is 10.1 Å². The predicted molar refractivity (Wildman–Crippen MR) is 42.6 cm³/mol. The summed E-state index contributed by atoms with van der Waals surface area (Å²) in [7, 11) is 0. The van der Waals surface area contributed by atoms with E-state index < -0.39 is 11.6 Å². The minimum Gasteiger partial charge on any atom is -0.487 e. The van der Waals surface area contributed by atoms with Gasteiger partial charge >= 0.3 is 0 Å². The van der Waals surface area contributed by atoms with Crippen LogP contribution in [-0.4, -0.2) is 19.2 Å². The highest BCUT2D eigenvalue weighted by molar-refractivity contribution is 5.24. The fourth-order valence-electron chi connectivity index (χ4n) is 1.10. The van der Waals surface area contributed by atoms with Crippen molar-refractivity contribution >= 4 is 0 Å². The van der Waals surface area contributed by atoms with Crippen molar-refractivity contribution in [3.63, 3.8) is 0 Å². The van der Waals surface area contributed by atoms with Gasteiger partial charge < -0.3 is 4.74 Å². The second-order valence-corrected chi connectivity index (χ2v) is 2.93. The van der Waals surface area contributed by atoms with Crippen LogP contribution in [-0.2, 0) is 0 Å². The highest BCUT2D eigenvalue weighted by atomic mass is 19.1. The average Bonchev–Trinajstić information content (AvgIpc) is 1.95. The average molecular weight is 184 g/mol. The molecule has 1 saturated heterocycles. The summed E-state index contributed by atoms with van der Waals surface area (Å²) in [6.45, 7) is 1.22. The topological polar surface area (TPSA) is 23.3 Å². The summed E-state index contributed by atoms with van der Waals surface area (Å²) in [6.07, 6.45) is -0.0128. The summed E-state index contributed by atoms with van der Waals surface area (Å²) in [6, 6.07) is 3.15. The van der Waals surface area contributed by atoms with Crippen LogP contribution in [0.5, 0.6) is 5.75 Å². The Morgan fingerprint density at radius 2 is 1.77 bits per heavy atom. The van der Waals surface area contributed by atoms with E-state index in [0.717, 1.165) is 6.07 Å². The van der Waals surface area contributed by atoms with Crippen molar-refractivity contribution in [1.82, 2.24) is 5.32 Å². The van der Waals surface area contributed by atoms with E-state index in [4.69, 9.17) is 4.74 Å². The van der Waals surface area contributed by atoms with E-state index >= 15 is 0 Å². The minimum atomic E-state index is -0.619. The first kappa shape index (κ1) is 8.44. The SMILES string of the molecule is Fc1cc(F)cc(OC2C[N]C2)c1. The molecule has 0 bridgehead atoms. The molecule has 4 heteroatoms. The van der Waals surface area contributed by atoms with Crippen LogP contribution in [0.4, 0.5) is 8.78 Å². The number of halogens is 2. The molecule has 0 unspecified atom stereocenters. The minimum absolute atomic E-state index is 0.0128. The van der Waals surface area contributed by atoms with Crippen LogP contribution in [0.25, 0.3) is 0 Å². The van der Waals surface area contributed by atoms with Gasteiger partial charge in [-0.3, -0.25) is 0 Å². The van der Waals surface area contributed by atoms with Gasteiger partial charge in [0.2, 0.25) is 0 Å². The van der Waals surface area contributed by atoms with Gasteiger partial charge in [0.25, 0.3) is 0 Å². The number of benzene rings is 1. The molecule has 1 aliphatic rings. The molecule has 1 aromatic rings. The van der Waals surface area contributed by atoms with E-state index in [1.54, 1.807) is 0 Å². The molecular weight excluding hydrogens is 176 g/mol. The van der Waals surface area contributed by atoms with Crippen molar-refractivity contribution in [3.8, 4) is 5.75 Å². The number of hydrogen-bond acceptors (Lipinski definition) is 1. The summed E-state index contributed by atoms with van der Waals surface area (Å²) >= 11 is 0. The molecule has 69 valence electrons. The van der Waals surface area contributed by atoms with Crippen molar-refractivity contribution < 1.29 is 13.5 Å². The Morgan fingerprint density at radius 1 is 1.15 bits per heavy atom. The maximum absolute atomic E-state index is 12.7. The van der Waals surface area contributed by atoms with Crippen LogP contribution >= 0.6 is 0 Å². The maximum Gasteiger partial charge on any atom is 0.129 e. The van der Waals surface area contributed by atoms with E-state index in [0.29, 0.717) is 13.1 Å². The van der Waals surface area contributed by atoms with E-state index in [-0.39, 0.29) is 11.9 Å². The Kier molecular flexibility index (Phi) is 2.14. The zero-order valence-electron chi connectivity index (χ0n) is 6.84. The summed E-state index contributed by atoms with van der Waals surface area (Å²) in [5.74, 6) is -1.00. The normalized spacial score (nSPS) is 16.8. The van der Waals surface area contributed by atoms with Gasteiger partial charge in [0.05, 0.1) is 13.1 Å². The van der Waals surface area contributed by atoms with Gasteiger partial charge in [0.15, 0.2) is 0 Å². The third kappa shape index (κ3) is 1.95. The Morgan fingerprint density at radius 3 is 2.23 bits per heavy atom. The molecule has 13 heavy (non-hydrogen) atoms. The van der Waals surface area contributed by atoms with Crippen molar-refractivity contribution in [3.05, 3.63) is 29.8 Å². The molecule has 0 atom stereocenters. The molecule has 0 amide bonds. The molecule has 2 nitrogen and oxygen atoms in total. The highest BCUT2D eigenvalue weighted by Gasteiger charge is 2.20. The summed E-state index contributed by atoms with van der Waals surface area (Å²) in [4.78, 5) is 0. The first-order chi connectivity index (χ1) is 6.24. The van der Waals surface area contributed by atoms with Crippen LogP contribution in [0.15, 0.2) is 18.2 Å². The molecule has 1 heterocycles. The number of hydrogen-bond donors (Lipinski definition) is 0. The lowest BCUT2D eigenvalue weighted by Crippen LogP contribution is -2.45. The molecule has 0 aromatic heterocycles. The first-order valence-electron chi connectivity index (χ1n) is 4.00. The van der Waals surface area contributed by atoms with E-state index in [1.807, 2.05) is 0 Å². The molecule has 0 spiro atoms. The quantitative estimate of drug-likeness (QED) is 0.680. The fraction of sp³-hybridized carbons (Fsp3) is 0.333. The molecule has 1 radical (unpaired) electrons. The third-order valence-electron chi connectivity index (χ3n) is 1.80. The maximum atomic E-state index is 12.7. The van der Waals surface area contributed by atoms with Gasteiger partial charge in [0.1, 0.15) is 23.5 Å². The van der Waals surface area contributed by atoms with Gasteiger partial charge in [-0.1, -0.05) is 0 Å². The molecule has 0 N–H and O–H groups in total. The summed E-state index contributed by atoms with van der Waals surface area (Å²) in [5.41, 5.74) is 0. The monoisotopic (exact) mass is 184 g/mol. The second-order valence-electron chi connectivity index (χ2n) is 2.93. The van der Waals surface area contributed by atoms with Gasteiger partial charge in [-0.2, -0.15) is 0 Å². The number of nitrogens with zero attached hydrogens (tertiary/aromatic N) is 1. The number of rotatable bonds is 2. The smallest absolute Gasteiger partial charge is 0.129 e. The molecule has 1 aliphatic heterocycles. The predicted octanol–water partition coefficient (Wildman–Crippen LogP) is 1.33. The lowest BCUT2D eigenvalue weighted by molar-refractivity contribution is 0.138. The summed E-state index contributed by atoms with van der Waals surface area (Å²) in [5, 5.41) is 3.93. The van der Waals surface area contributed by atoms with Crippen LogP contribution in [0, 0.1) is 11.6 Å². The Hall–Kier alpha value is -1.16. The molecule has 0 aliphatic carbocycles. The van der Waals surface area contributed by atoms with Crippen molar-refractivity contribution in [2.24, 2.45) is 0 Å². The van der Waals surface area contributed by atoms with Crippen molar-refractivity contribution in [1.29, 1.82) is 0 Å². The Bertz CT molecular complexity index is 292. The van der Waals surface area contributed by atoms with Crippen molar-refractivity contribution in [2.45, 2.75) is 6.10 Å². The largest absolute Gasteiger partial charge is 0.487 e. The zero-order valence-corrected chi connectivity index (χ0v) is 6.84.